The van der Waals surface area contributed by atoms with Gasteiger partial charge >= 0.3 is 0 Å². The second-order valence-electron chi connectivity index (χ2n) is 4.60. The van der Waals surface area contributed by atoms with Gasteiger partial charge < -0.3 is 15.2 Å². The van der Waals surface area contributed by atoms with Gasteiger partial charge in [0.25, 0.3) is 5.91 Å². The molecule has 5 heteroatoms. The largest absolute Gasteiger partial charge is 0.496 e. The van der Waals surface area contributed by atoms with E-state index < -0.39 is 6.10 Å². The highest BCUT2D eigenvalue weighted by molar-refractivity contribution is 6.31. The number of methoxy groups -OCH3 is 1. The van der Waals surface area contributed by atoms with E-state index in [0.29, 0.717) is 22.0 Å². The summed E-state index contributed by atoms with van der Waals surface area (Å²) in [6, 6.07) is 11.8. The molecule has 1 atom stereocenters. The first kappa shape index (κ1) is 15.4. The van der Waals surface area contributed by atoms with Crippen molar-refractivity contribution in [1.29, 1.82) is 0 Å². The molecule has 21 heavy (non-hydrogen) atoms. The van der Waals surface area contributed by atoms with Crippen molar-refractivity contribution in [3.63, 3.8) is 0 Å². The third-order valence-electron chi connectivity index (χ3n) is 3.06. The van der Waals surface area contributed by atoms with E-state index in [-0.39, 0.29) is 5.91 Å². The van der Waals surface area contributed by atoms with Crippen LogP contribution in [0.15, 0.2) is 42.5 Å². The van der Waals surface area contributed by atoms with Crippen molar-refractivity contribution in [1.82, 2.24) is 0 Å². The van der Waals surface area contributed by atoms with Gasteiger partial charge in [0.2, 0.25) is 0 Å². The summed E-state index contributed by atoms with van der Waals surface area (Å²) >= 11 is 5.91. The lowest BCUT2D eigenvalue weighted by Crippen LogP contribution is -2.13. The Balaban J connectivity index is 2.19. The van der Waals surface area contributed by atoms with Crippen LogP contribution in [0.25, 0.3) is 0 Å². The maximum Gasteiger partial charge on any atom is 0.259 e. The third kappa shape index (κ3) is 3.74. The number of anilines is 1. The number of nitrogens with one attached hydrogen (secondary N) is 1. The van der Waals surface area contributed by atoms with Gasteiger partial charge in [-0.25, -0.2) is 0 Å². The molecule has 4 nitrogen and oxygen atoms in total. The highest BCUT2D eigenvalue weighted by Crippen LogP contribution is 2.24. The van der Waals surface area contributed by atoms with E-state index in [0.717, 1.165) is 5.56 Å². The summed E-state index contributed by atoms with van der Waals surface area (Å²) < 4.78 is 5.16. The highest BCUT2D eigenvalue weighted by atomic mass is 35.5. The monoisotopic (exact) mass is 305 g/mol. The van der Waals surface area contributed by atoms with Gasteiger partial charge in [-0.2, -0.15) is 0 Å². The molecule has 0 spiro atoms. The van der Waals surface area contributed by atoms with Crippen molar-refractivity contribution in [2.24, 2.45) is 0 Å². The Morgan fingerprint density at radius 1 is 1.24 bits per heavy atom. The molecule has 110 valence electrons. The molecule has 0 saturated heterocycles. The molecule has 0 heterocycles. The van der Waals surface area contributed by atoms with Gasteiger partial charge in [-0.05, 0) is 42.8 Å². The summed E-state index contributed by atoms with van der Waals surface area (Å²) in [4.78, 5) is 12.3. The molecule has 2 N–H and O–H groups in total. The SMILES string of the molecule is COc1ccc(Cl)cc1C(=O)Nc1ccc([C@@H](C)O)cc1. The average molecular weight is 306 g/mol. The molecule has 0 fully saturated rings. The molecule has 0 aliphatic heterocycles. The van der Waals surface area contributed by atoms with Gasteiger partial charge in [0, 0.05) is 10.7 Å². The Kier molecular flexibility index (Phi) is 4.83. The Labute approximate surface area is 128 Å². The molecule has 0 aliphatic carbocycles. The molecule has 2 aromatic carbocycles. The minimum Gasteiger partial charge on any atom is -0.496 e. The molecule has 0 aromatic heterocycles. The van der Waals surface area contributed by atoms with Crippen LogP contribution in [-0.2, 0) is 0 Å². The van der Waals surface area contributed by atoms with Crippen LogP contribution in [-0.4, -0.2) is 18.1 Å². The van der Waals surface area contributed by atoms with Crippen molar-refractivity contribution in [3.8, 4) is 5.75 Å². The lowest BCUT2D eigenvalue weighted by molar-refractivity contribution is 0.102. The van der Waals surface area contributed by atoms with Gasteiger partial charge in [0.05, 0.1) is 18.8 Å². The molecular weight excluding hydrogens is 290 g/mol. The van der Waals surface area contributed by atoms with Crippen LogP contribution in [0, 0.1) is 0 Å². The van der Waals surface area contributed by atoms with Crippen molar-refractivity contribution in [2.45, 2.75) is 13.0 Å². The topological polar surface area (TPSA) is 58.6 Å². The van der Waals surface area contributed by atoms with E-state index >= 15 is 0 Å². The Morgan fingerprint density at radius 3 is 2.48 bits per heavy atom. The van der Waals surface area contributed by atoms with Crippen molar-refractivity contribution in [3.05, 3.63) is 58.6 Å². The fourth-order valence-corrected chi connectivity index (χ4v) is 2.07. The Hall–Kier alpha value is -2.04. The predicted octanol–water partition coefficient (Wildman–Crippen LogP) is 3.65. The zero-order valence-corrected chi connectivity index (χ0v) is 12.5. The molecule has 1 amide bonds. The first-order valence-corrected chi connectivity index (χ1v) is 6.82. The lowest BCUT2D eigenvalue weighted by Gasteiger charge is -2.11. The number of rotatable bonds is 4. The normalized spacial score (nSPS) is 11.8. The first-order valence-electron chi connectivity index (χ1n) is 6.44. The number of aliphatic hydroxyl groups is 1. The van der Waals surface area contributed by atoms with Gasteiger partial charge in [-0.15, -0.1) is 0 Å². The summed E-state index contributed by atoms with van der Waals surface area (Å²) in [5.41, 5.74) is 1.78. The Morgan fingerprint density at radius 2 is 1.90 bits per heavy atom. The number of benzene rings is 2. The van der Waals surface area contributed by atoms with Gasteiger partial charge in [0.15, 0.2) is 0 Å². The van der Waals surface area contributed by atoms with E-state index in [1.807, 2.05) is 0 Å². The van der Waals surface area contributed by atoms with Gasteiger partial charge in [0.1, 0.15) is 5.75 Å². The summed E-state index contributed by atoms with van der Waals surface area (Å²) in [5, 5.41) is 12.7. The van der Waals surface area contributed by atoms with E-state index in [4.69, 9.17) is 16.3 Å². The number of halogens is 1. The zero-order chi connectivity index (χ0) is 15.4. The smallest absolute Gasteiger partial charge is 0.259 e. The minimum atomic E-state index is -0.539. The molecule has 0 bridgehead atoms. The van der Waals surface area contributed by atoms with E-state index in [2.05, 4.69) is 5.32 Å². The fraction of sp³-hybridized carbons (Fsp3) is 0.188. The summed E-state index contributed by atoms with van der Waals surface area (Å²) in [5.74, 6) is 0.150. The van der Waals surface area contributed by atoms with Crippen molar-refractivity contribution in [2.75, 3.05) is 12.4 Å². The maximum absolute atomic E-state index is 12.3. The number of amides is 1. The molecule has 2 aromatic rings. The van der Waals surface area contributed by atoms with E-state index in [9.17, 15) is 9.90 Å². The number of hydrogen-bond acceptors (Lipinski definition) is 3. The molecule has 0 aliphatic rings. The average Bonchev–Trinajstić information content (AvgIpc) is 2.47. The van der Waals surface area contributed by atoms with Crippen LogP contribution < -0.4 is 10.1 Å². The second kappa shape index (κ2) is 6.61. The molecule has 2 rings (SSSR count). The van der Waals surface area contributed by atoms with Crippen LogP contribution in [0.5, 0.6) is 5.75 Å². The molecule has 0 radical (unpaired) electrons. The standard InChI is InChI=1S/C16H16ClNO3/c1-10(19)11-3-6-13(7-4-11)18-16(20)14-9-12(17)5-8-15(14)21-2/h3-10,19H,1-2H3,(H,18,20)/t10-/m1/s1. The minimum absolute atomic E-state index is 0.306. The molecular formula is C16H16ClNO3. The zero-order valence-electron chi connectivity index (χ0n) is 11.8. The fourth-order valence-electron chi connectivity index (χ4n) is 1.90. The van der Waals surface area contributed by atoms with Crippen LogP contribution >= 0.6 is 11.6 Å². The summed E-state index contributed by atoms with van der Waals surface area (Å²) in [7, 11) is 1.50. The molecule has 0 unspecified atom stereocenters. The quantitative estimate of drug-likeness (QED) is 0.906. The molecule has 0 saturated carbocycles. The number of aliphatic hydroxyl groups excluding tert-OH is 1. The first-order chi connectivity index (χ1) is 10.0. The summed E-state index contributed by atoms with van der Waals surface area (Å²) in [6.07, 6.45) is -0.539. The maximum atomic E-state index is 12.3. The highest BCUT2D eigenvalue weighted by Gasteiger charge is 2.13. The number of ether oxygens (including phenoxy) is 1. The van der Waals surface area contributed by atoms with Crippen LogP contribution in [0.3, 0.4) is 0 Å². The lowest BCUT2D eigenvalue weighted by atomic mass is 10.1. The second-order valence-corrected chi connectivity index (χ2v) is 5.03. The number of hydrogen-bond donors (Lipinski definition) is 2. The summed E-state index contributed by atoms with van der Waals surface area (Å²) in [6.45, 7) is 1.68. The third-order valence-corrected chi connectivity index (χ3v) is 3.29. The van der Waals surface area contributed by atoms with Crippen LogP contribution in [0.2, 0.25) is 5.02 Å². The Bertz CT molecular complexity index is 638. The van der Waals surface area contributed by atoms with E-state index in [1.165, 1.54) is 7.11 Å². The number of carbonyl (C=O) groups is 1. The van der Waals surface area contributed by atoms with Gasteiger partial charge in [-0.1, -0.05) is 23.7 Å². The van der Waals surface area contributed by atoms with E-state index in [1.54, 1.807) is 49.4 Å². The van der Waals surface area contributed by atoms with Crippen LogP contribution in [0.1, 0.15) is 28.9 Å². The number of carbonyl (C=O) groups excluding carboxylic acids is 1. The van der Waals surface area contributed by atoms with Crippen molar-refractivity contribution >= 4 is 23.2 Å². The van der Waals surface area contributed by atoms with Crippen molar-refractivity contribution < 1.29 is 14.6 Å². The predicted molar refractivity (Wildman–Crippen MR) is 83.0 cm³/mol. The van der Waals surface area contributed by atoms with Gasteiger partial charge in [-0.3, -0.25) is 4.79 Å². The van der Waals surface area contributed by atoms with Crippen LogP contribution in [0.4, 0.5) is 5.69 Å².